The minimum atomic E-state index is 0.0426. The lowest BCUT2D eigenvalue weighted by molar-refractivity contribution is 0.495. The van der Waals surface area contributed by atoms with Gasteiger partial charge >= 0.3 is 0 Å². The van der Waals surface area contributed by atoms with Crippen molar-refractivity contribution in [3.05, 3.63) is 53.6 Å². The van der Waals surface area contributed by atoms with Gasteiger partial charge in [0.25, 0.3) is 0 Å². The standard InChI is InChI=1S/C14H20N4/c1-3-18-9-8-16-14(18)13(17-15)10-12-7-5-4-6-11(12)2/h4-9,13,17H,3,10,15H2,1-2H3. The van der Waals surface area contributed by atoms with Gasteiger partial charge in [0.1, 0.15) is 5.82 Å². The topological polar surface area (TPSA) is 55.9 Å². The summed E-state index contributed by atoms with van der Waals surface area (Å²) in [5.41, 5.74) is 5.45. The lowest BCUT2D eigenvalue weighted by Gasteiger charge is -2.17. The summed E-state index contributed by atoms with van der Waals surface area (Å²) in [7, 11) is 0. The molecule has 1 heterocycles. The van der Waals surface area contributed by atoms with Crippen molar-refractivity contribution in [3.63, 3.8) is 0 Å². The number of benzene rings is 1. The third kappa shape index (κ3) is 2.60. The molecular weight excluding hydrogens is 224 g/mol. The molecule has 18 heavy (non-hydrogen) atoms. The summed E-state index contributed by atoms with van der Waals surface area (Å²) in [5.74, 6) is 6.67. The summed E-state index contributed by atoms with van der Waals surface area (Å²) in [6.07, 6.45) is 4.65. The molecule has 0 bridgehead atoms. The van der Waals surface area contributed by atoms with E-state index in [-0.39, 0.29) is 6.04 Å². The predicted molar refractivity (Wildman–Crippen MR) is 72.8 cm³/mol. The fourth-order valence-corrected chi connectivity index (χ4v) is 2.18. The van der Waals surface area contributed by atoms with E-state index in [1.165, 1.54) is 11.1 Å². The number of nitrogens with zero attached hydrogens (tertiary/aromatic N) is 2. The molecule has 0 fully saturated rings. The molecule has 96 valence electrons. The summed E-state index contributed by atoms with van der Waals surface area (Å²) < 4.78 is 2.11. The monoisotopic (exact) mass is 244 g/mol. The molecule has 2 aromatic rings. The Morgan fingerprint density at radius 3 is 2.83 bits per heavy atom. The highest BCUT2D eigenvalue weighted by molar-refractivity contribution is 5.27. The second-order valence-corrected chi connectivity index (χ2v) is 4.42. The van der Waals surface area contributed by atoms with Crippen molar-refractivity contribution in [1.82, 2.24) is 15.0 Å². The first-order chi connectivity index (χ1) is 8.76. The number of hydrogen-bond acceptors (Lipinski definition) is 3. The van der Waals surface area contributed by atoms with Gasteiger partial charge in [0.05, 0.1) is 6.04 Å². The number of aryl methyl sites for hydroxylation is 2. The zero-order chi connectivity index (χ0) is 13.0. The number of nitrogens with one attached hydrogen (secondary N) is 1. The molecule has 1 aromatic carbocycles. The lowest BCUT2D eigenvalue weighted by Crippen LogP contribution is -2.32. The van der Waals surface area contributed by atoms with Crippen LogP contribution in [0.4, 0.5) is 0 Å². The van der Waals surface area contributed by atoms with Gasteiger partial charge < -0.3 is 4.57 Å². The largest absolute Gasteiger partial charge is 0.334 e. The Balaban J connectivity index is 2.23. The maximum absolute atomic E-state index is 5.68. The lowest BCUT2D eigenvalue weighted by atomic mass is 10.0. The Hall–Kier alpha value is -1.65. The molecule has 0 spiro atoms. The number of hydrazine groups is 1. The van der Waals surface area contributed by atoms with Crippen molar-refractivity contribution >= 4 is 0 Å². The van der Waals surface area contributed by atoms with Crippen LogP contribution >= 0.6 is 0 Å². The first-order valence-electron chi connectivity index (χ1n) is 6.28. The van der Waals surface area contributed by atoms with Gasteiger partial charge in [-0.25, -0.2) is 10.4 Å². The fraction of sp³-hybridized carbons (Fsp3) is 0.357. The molecule has 4 nitrogen and oxygen atoms in total. The number of aromatic nitrogens is 2. The quantitative estimate of drug-likeness (QED) is 0.624. The number of nitrogens with two attached hydrogens (primary N) is 1. The van der Waals surface area contributed by atoms with Gasteiger partial charge in [0.2, 0.25) is 0 Å². The van der Waals surface area contributed by atoms with Crippen LogP contribution in [0.5, 0.6) is 0 Å². The molecule has 0 radical (unpaired) electrons. The van der Waals surface area contributed by atoms with Crippen molar-refractivity contribution in [2.24, 2.45) is 5.84 Å². The van der Waals surface area contributed by atoms with Gasteiger partial charge in [-0.2, -0.15) is 0 Å². The van der Waals surface area contributed by atoms with Crippen molar-refractivity contribution in [2.75, 3.05) is 0 Å². The summed E-state index contributed by atoms with van der Waals surface area (Å²) in [6.45, 7) is 5.13. The molecule has 1 aromatic heterocycles. The van der Waals surface area contributed by atoms with Gasteiger partial charge in [-0.15, -0.1) is 0 Å². The van der Waals surface area contributed by atoms with Crippen LogP contribution in [0.1, 0.15) is 29.9 Å². The zero-order valence-electron chi connectivity index (χ0n) is 10.9. The van der Waals surface area contributed by atoms with E-state index in [9.17, 15) is 0 Å². The van der Waals surface area contributed by atoms with Crippen molar-refractivity contribution in [2.45, 2.75) is 32.9 Å². The van der Waals surface area contributed by atoms with E-state index in [0.717, 1.165) is 18.8 Å². The average Bonchev–Trinajstić information content (AvgIpc) is 2.86. The zero-order valence-corrected chi connectivity index (χ0v) is 10.9. The van der Waals surface area contributed by atoms with Crippen LogP contribution < -0.4 is 11.3 Å². The second kappa shape index (κ2) is 5.80. The molecule has 0 saturated carbocycles. The molecule has 4 heteroatoms. The van der Waals surface area contributed by atoms with Crippen molar-refractivity contribution in [1.29, 1.82) is 0 Å². The first kappa shape index (κ1) is 12.8. The predicted octanol–water partition coefficient (Wildman–Crippen LogP) is 1.96. The minimum Gasteiger partial charge on any atom is -0.334 e. The molecule has 0 aliphatic rings. The number of imidazole rings is 1. The van der Waals surface area contributed by atoms with E-state index in [0.29, 0.717) is 0 Å². The van der Waals surface area contributed by atoms with Crippen LogP contribution in [0.15, 0.2) is 36.7 Å². The Labute approximate surface area is 108 Å². The van der Waals surface area contributed by atoms with Crippen LogP contribution in [0.2, 0.25) is 0 Å². The molecular formula is C14H20N4. The molecule has 0 aliphatic carbocycles. The van der Waals surface area contributed by atoms with Crippen LogP contribution in [-0.2, 0) is 13.0 Å². The van der Waals surface area contributed by atoms with Crippen molar-refractivity contribution < 1.29 is 0 Å². The molecule has 3 N–H and O–H groups in total. The van der Waals surface area contributed by atoms with Crippen LogP contribution in [0.3, 0.4) is 0 Å². The smallest absolute Gasteiger partial charge is 0.127 e. The SMILES string of the molecule is CCn1ccnc1C(Cc1ccccc1C)NN. The van der Waals surface area contributed by atoms with E-state index in [2.05, 4.69) is 53.1 Å². The Morgan fingerprint density at radius 1 is 1.39 bits per heavy atom. The summed E-state index contributed by atoms with van der Waals surface area (Å²) in [5, 5.41) is 0. The van der Waals surface area contributed by atoms with E-state index >= 15 is 0 Å². The van der Waals surface area contributed by atoms with Gasteiger partial charge in [0, 0.05) is 18.9 Å². The van der Waals surface area contributed by atoms with E-state index < -0.39 is 0 Å². The van der Waals surface area contributed by atoms with E-state index in [1.54, 1.807) is 0 Å². The average molecular weight is 244 g/mol. The summed E-state index contributed by atoms with van der Waals surface area (Å²) in [6, 6.07) is 8.41. The highest BCUT2D eigenvalue weighted by Gasteiger charge is 2.16. The van der Waals surface area contributed by atoms with Gasteiger partial charge in [-0.05, 0) is 31.4 Å². The van der Waals surface area contributed by atoms with Gasteiger partial charge in [0.15, 0.2) is 0 Å². The highest BCUT2D eigenvalue weighted by atomic mass is 15.3. The third-order valence-corrected chi connectivity index (χ3v) is 3.29. The second-order valence-electron chi connectivity index (χ2n) is 4.42. The summed E-state index contributed by atoms with van der Waals surface area (Å²) in [4.78, 5) is 4.40. The number of hydrogen-bond donors (Lipinski definition) is 2. The normalized spacial score (nSPS) is 12.6. The highest BCUT2D eigenvalue weighted by Crippen LogP contribution is 2.18. The van der Waals surface area contributed by atoms with Gasteiger partial charge in [-0.3, -0.25) is 5.84 Å². The maximum atomic E-state index is 5.68. The van der Waals surface area contributed by atoms with Crippen molar-refractivity contribution in [3.8, 4) is 0 Å². The Bertz CT molecular complexity index is 504. The van der Waals surface area contributed by atoms with E-state index in [4.69, 9.17) is 5.84 Å². The van der Waals surface area contributed by atoms with Crippen LogP contribution in [-0.4, -0.2) is 9.55 Å². The van der Waals surface area contributed by atoms with Crippen LogP contribution in [0, 0.1) is 6.92 Å². The van der Waals surface area contributed by atoms with E-state index in [1.807, 2.05) is 12.4 Å². The number of rotatable bonds is 5. The molecule has 0 aliphatic heterocycles. The minimum absolute atomic E-state index is 0.0426. The molecule has 2 rings (SSSR count). The molecule has 0 saturated heterocycles. The third-order valence-electron chi connectivity index (χ3n) is 3.29. The fourth-order valence-electron chi connectivity index (χ4n) is 2.18. The Kier molecular flexibility index (Phi) is 4.12. The molecule has 1 unspecified atom stereocenters. The maximum Gasteiger partial charge on any atom is 0.127 e. The van der Waals surface area contributed by atoms with Crippen LogP contribution in [0.25, 0.3) is 0 Å². The van der Waals surface area contributed by atoms with Gasteiger partial charge in [-0.1, -0.05) is 24.3 Å². The summed E-state index contributed by atoms with van der Waals surface area (Å²) >= 11 is 0. The molecule has 1 atom stereocenters. The molecule has 0 amide bonds. The Morgan fingerprint density at radius 2 is 2.17 bits per heavy atom. The first-order valence-corrected chi connectivity index (χ1v) is 6.28.